The number of thioether (sulfide) groups is 1. The molecule has 0 radical (unpaired) electrons. The summed E-state index contributed by atoms with van der Waals surface area (Å²) in [5.41, 5.74) is 4.14. The van der Waals surface area contributed by atoms with Gasteiger partial charge in [-0.1, -0.05) is 49.4 Å². The van der Waals surface area contributed by atoms with Gasteiger partial charge in [0.2, 0.25) is 10.8 Å². The molecule has 3 aromatic carbocycles. The lowest BCUT2D eigenvalue weighted by Gasteiger charge is -2.33. The van der Waals surface area contributed by atoms with E-state index in [2.05, 4.69) is 6.92 Å². The fourth-order valence-electron chi connectivity index (χ4n) is 4.41. The highest BCUT2D eigenvalue weighted by molar-refractivity contribution is 8.02. The maximum absolute atomic E-state index is 13.9. The van der Waals surface area contributed by atoms with Gasteiger partial charge in [0.05, 0.1) is 18.0 Å². The van der Waals surface area contributed by atoms with Crippen molar-refractivity contribution in [1.29, 1.82) is 0 Å². The number of para-hydroxylation sites is 1. The summed E-state index contributed by atoms with van der Waals surface area (Å²) in [5, 5.41) is 0. The van der Waals surface area contributed by atoms with Crippen molar-refractivity contribution in [2.24, 2.45) is 0 Å². The molecule has 4 nitrogen and oxygen atoms in total. The number of halogens is 1. The standard InChI is InChI=1S/C25H21FN2O2S/c1-2-17-10-12-20(13-11-17)28-23(29)16-31-25(28)21-8-3-4-9-22(21)27(24(25)30)15-18-6-5-7-19(26)14-18/h3-14H,2,15-16H2,1H3/t25-/m0/s1. The molecule has 0 bridgehead atoms. The summed E-state index contributed by atoms with van der Waals surface area (Å²) in [6.07, 6.45) is 0.900. The van der Waals surface area contributed by atoms with E-state index in [1.807, 2.05) is 48.5 Å². The monoisotopic (exact) mass is 432 g/mol. The molecule has 0 aliphatic carbocycles. The Morgan fingerprint density at radius 2 is 1.74 bits per heavy atom. The average molecular weight is 433 g/mol. The number of rotatable bonds is 4. The van der Waals surface area contributed by atoms with Gasteiger partial charge < -0.3 is 4.90 Å². The Bertz CT molecular complexity index is 1180. The van der Waals surface area contributed by atoms with E-state index in [0.717, 1.165) is 17.7 Å². The Labute approximate surface area is 184 Å². The van der Waals surface area contributed by atoms with E-state index in [0.29, 0.717) is 11.3 Å². The molecule has 0 unspecified atom stereocenters. The summed E-state index contributed by atoms with van der Waals surface area (Å²) in [6.45, 7) is 2.32. The number of nitrogens with zero attached hydrogens (tertiary/aromatic N) is 2. The molecule has 2 heterocycles. The van der Waals surface area contributed by atoms with Gasteiger partial charge in [0.15, 0.2) is 0 Å². The first kappa shape index (κ1) is 19.8. The number of hydrogen-bond donors (Lipinski definition) is 0. The number of anilines is 2. The quantitative estimate of drug-likeness (QED) is 0.591. The molecule has 3 aromatic rings. The van der Waals surface area contributed by atoms with E-state index in [1.165, 1.54) is 29.5 Å². The largest absolute Gasteiger partial charge is 0.304 e. The number of benzene rings is 3. The van der Waals surface area contributed by atoms with Crippen LogP contribution < -0.4 is 9.80 Å². The predicted octanol–water partition coefficient (Wildman–Crippen LogP) is 4.87. The third-order valence-electron chi connectivity index (χ3n) is 5.90. The summed E-state index contributed by atoms with van der Waals surface area (Å²) < 4.78 is 13.8. The molecule has 2 amide bonds. The molecule has 0 aromatic heterocycles. The van der Waals surface area contributed by atoms with Crippen LogP contribution in [0, 0.1) is 5.82 Å². The van der Waals surface area contributed by atoms with Crippen molar-refractivity contribution >= 4 is 35.0 Å². The van der Waals surface area contributed by atoms with Gasteiger partial charge in [0.1, 0.15) is 5.82 Å². The zero-order valence-corrected chi connectivity index (χ0v) is 17.9. The number of carbonyl (C=O) groups excluding carboxylic acids is 2. The molecule has 1 atom stereocenters. The highest BCUT2D eigenvalue weighted by atomic mass is 32.2. The Morgan fingerprint density at radius 1 is 0.968 bits per heavy atom. The van der Waals surface area contributed by atoms with Crippen LogP contribution in [0.1, 0.15) is 23.6 Å². The van der Waals surface area contributed by atoms with E-state index >= 15 is 0 Å². The molecule has 2 aliphatic rings. The molecular formula is C25H21FN2O2S. The van der Waals surface area contributed by atoms with Gasteiger partial charge in [0, 0.05) is 11.3 Å². The normalized spacial score (nSPS) is 20.1. The molecule has 2 aliphatic heterocycles. The number of hydrogen-bond acceptors (Lipinski definition) is 3. The minimum atomic E-state index is -1.14. The topological polar surface area (TPSA) is 40.6 Å². The minimum absolute atomic E-state index is 0.0926. The van der Waals surface area contributed by atoms with Crippen molar-refractivity contribution in [2.45, 2.75) is 24.8 Å². The lowest BCUT2D eigenvalue weighted by molar-refractivity contribution is -0.123. The second-order valence-electron chi connectivity index (χ2n) is 7.72. The van der Waals surface area contributed by atoms with Gasteiger partial charge in [-0.2, -0.15) is 0 Å². The van der Waals surface area contributed by atoms with Crippen LogP contribution in [0.4, 0.5) is 15.8 Å². The van der Waals surface area contributed by atoms with Crippen molar-refractivity contribution < 1.29 is 14.0 Å². The van der Waals surface area contributed by atoms with E-state index < -0.39 is 4.87 Å². The van der Waals surface area contributed by atoms with Gasteiger partial charge in [-0.3, -0.25) is 14.5 Å². The minimum Gasteiger partial charge on any atom is -0.304 e. The van der Waals surface area contributed by atoms with E-state index in [4.69, 9.17) is 0 Å². The van der Waals surface area contributed by atoms with Crippen LogP contribution in [0.25, 0.3) is 0 Å². The molecule has 1 saturated heterocycles. The van der Waals surface area contributed by atoms with Crippen molar-refractivity contribution in [3.8, 4) is 0 Å². The highest BCUT2D eigenvalue weighted by Gasteiger charge is 2.60. The highest BCUT2D eigenvalue weighted by Crippen LogP contribution is 2.55. The van der Waals surface area contributed by atoms with Gasteiger partial charge in [-0.05, 0) is 47.9 Å². The molecular weight excluding hydrogens is 411 g/mol. The first-order chi connectivity index (χ1) is 15.0. The van der Waals surface area contributed by atoms with Crippen molar-refractivity contribution in [3.05, 3.63) is 95.3 Å². The van der Waals surface area contributed by atoms with Gasteiger partial charge >= 0.3 is 0 Å². The molecule has 6 heteroatoms. The molecule has 0 N–H and O–H groups in total. The van der Waals surface area contributed by atoms with Gasteiger partial charge in [0.25, 0.3) is 5.91 Å². The summed E-state index contributed by atoms with van der Waals surface area (Å²) >= 11 is 1.35. The molecule has 5 rings (SSSR count). The second kappa shape index (κ2) is 7.54. The number of fused-ring (bicyclic) bond motifs is 2. The number of carbonyl (C=O) groups is 2. The van der Waals surface area contributed by atoms with Crippen LogP contribution in [-0.4, -0.2) is 17.6 Å². The second-order valence-corrected chi connectivity index (χ2v) is 8.89. The third-order valence-corrected chi connectivity index (χ3v) is 7.28. The van der Waals surface area contributed by atoms with E-state index in [-0.39, 0.29) is 29.9 Å². The Morgan fingerprint density at radius 3 is 2.48 bits per heavy atom. The number of aryl methyl sites for hydroxylation is 1. The summed E-state index contributed by atoms with van der Waals surface area (Å²) in [4.78, 5) is 29.2. The predicted molar refractivity (Wildman–Crippen MR) is 121 cm³/mol. The fraction of sp³-hybridized carbons (Fsp3) is 0.200. The van der Waals surface area contributed by atoms with Crippen LogP contribution in [-0.2, 0) is 27.4 Å². The summed E-state index contributed by atoms with van der Waals surface area (Å²) in [6, 6.07) is 21.7. The third kappa shape index (κ3) is 3.05. The first-order valence-electron chi connectivity index (χ1n) is 10.3. The molecule has 31 heavy (non-hydrogen) atoms. The molecule has 1 spiro atoms. The van der Waals surface area contributed by atoms with E-state index in [9.17, 15) is 14.0 Å². The lowest BCUT2D eigenvalue weighted by Crippen LogP contribution is -2.49. The smallest absolute Gasteiger partial charge is 0.269 e. The zero-order chi connectivity index (χ0) is 21.6. The van der Waals surface area contributed by atoms with Gasteiger partial charge in [-0.15, -0.1) is 11.8 Å². The van der Waals surface area contributed by atoms with Gasteiger partial charge in [-0.25, -0.2) is 4.39 Å². The SMILES string of the molecule is CCc1ccc(N2C(=O)CS[C@@]23C(=O)N(Cc2cccc(F)c2)c2ccccc23)cc1. The Balaban J connectivity index is 1.62. The Kier molecular flexibility index (Phi) is 4.82. The first-order valence-corrected chi connectivity index (χ1v) is 11.2. The van der Waals surface area contributed by atoms with Crippen LogP contribution in [0.3, 0.4) is 0 Å². The maximum Gasteiger partial charge on any atom is 0.269 e. The van der Waals surface area contributed by atoms with Crippen LogP contribution >= 0.6 is 11.8 Å². The molecule has 0 saturated carbocycles. The van der Waals surface area contributed by atoms with Crippen molar-refractivity contribution in [1.82, 2.24) is 0 Å². The van der Waals surface area contributed by atoms with Crippen molar-refractivity contribution in [2.75, 3.05) is 15.6 Å². The lowest BCUT2D eigenvalue weighted by atomic mass is 10.0. The Hall–Kier alpha value is -3.12. The number of amides is 2. The molecule has 1 fully saturated rings. The average Bonchev–Trinajstić information content (AvgIpc) is 3.25. The van der Waals surface area contributed by atoms with Crippen molar-refractivity contribution in [3.63, 3.8) is 0 Å². The van der Waals surface area contributed by atoms with Crippen LogP contribution in [0.15, 0.2) is 72.8 Å². The fourth-order valence-corrected chi connectivity index (χ4v) is 5.77. The summed E-state index contributed by atoms with van der Waals surface area (Å²) in [7, 11) is 0. The summed E-state index contributed by atoms with van der Waals surface area (Å²) in [5.74, 6) is -0.378. The van der Waals surface area contributed by atoms with Crippen LogP contribution in [0.2, 0.25) is 0 Å². The van der Waals surface area contributed by atoms with Crippen LogP contribution in [0.5, 0.6) is 0 Å². The molecule has 156 valence electrons. The maximum atomic E-state index is 13.9. The zero-order valence-electron chi connectivity index (χ0n) is 17.0. The van der Waals surface area contributed by atoms with E-state index in [1.54, 1.807) is 21.9 Å².